The van der Waals surface area contributed by atoms with E-state index in [1.54, 1.807) is 17.4 Å². The second-order valence-electron chi connectivity index (χ2n) is 7.03. The first-order valence-electron chi connectivity index (χ1n) is 9.71. The number of anilines is 1. The first kappa shape index (κ1) is 21.5. The fraction of sp³-hybridized carbons (Fsp3) is 0.227. The number of halogens is 2. The molecule has 0 radical (unpaired) electrons. The van der Waals surface area contributed by atoms with E-state index >= 15 is 0 Å². The van der Waals surface area contributed by atoms with E-state index in [4.69, 9.17) is 0 Å². The van der Waals surface area contributed by atoms with Gasteiger partial charge < -0.3 is 4.57 Å². The van der Waals surface area contributed by atoms with Crippen LogP contribution in [0.15, 0.2) is 60.0 Å². The molecule has 4 aromatic rings. The number of rotatable bonds is 8. The smallest absolute Gasteiger partial charge is 0.239 e. The van der Waals surface area contributed by atoms with Crippen LogP contribution in [-0.2, 0) is 11.3 Å². The Bertz CT molecular complexity index is 1180. The van der Waals surface area contributed by atoms with Gasteiger partial charge >= 0.3 is 0 Å². The second kappa shape index (κ2) is 9.57. The molecule has 0 aliphatic rings. The van der Waals surface area contributed by atoms with Gasteiger partial charge in [-0.3, -0.25) is 9.69 Å². The molecule has 0 N–H and O–H groups in total. The molecule has 0 aliphatic heterocycles. The van der Waals surface area contributed by atoms with Gasteiger partial charge in [0.25, 0.3) is 0 Å². The summed E-state index contributed by atoms with van der Waals surface area (Å²) in [7, 11) is 0. The van der Waals surface area contributed by atoms with Crippen molar-refractivity contribution in [3.8, 4) is 0 Å². The average molecular weight is 459 g/mol. The summed E-state index contributed by atoms with van der Waals surface area (Å²) in [4.78, 5) is 24.0. The van der Waals surface area contributed by atoms with E-state index in [1.165, 1.54) is 17.8 Å². The molecule has 9 heteroatoms. The van der Waals surface area contributed by atoms with Crippen molar-refractivity contribution in [3.05, 3.63) is 72.3 Å². The van der Waals surface area contributed by atoms with Crippen molar-refractivity contribution < 1.29 is 13.6 Å². The summed E-state index contributed by atoms with van der Waals surface area (Å²) in [6.07, 6.45) is 5.95. The Kier molecular flexibility index (Phi) is 6.62. The van der Waals surface area contributed by atoms with Gasteiger partial charge in [0, 0.05) is 36.4 Å². The van der Waals surface area contributed by atoms with Crippen LogP contribution in [0.3, 0.4) is 0 Å². The molecule has 0 fully saturated rings. The first-order chi connectivity index (χ1) is 15.0. The van der Waals surface area contributed by atoms with Crippen molar-refractivity contribution in [1.29, 1.82) is 0 Å². The molecule has 0 bridgehead atoms. The minimum Gasteiger partial charge on any atom is -0.337 e. The Labute approximate surface area is 186 Å². The third kappa shape index (κ3) is 5.29. The van der Waals surface area contributed by atoms with Crippen LogP contribution in [0.1, 0.15) is 12.0 Å². The summed E-state index contributed by atoms with van der Waals surface area (Å²) >= 11 is 2.56. The predicted octanol–water partition coefficient (Wildman–Crippen LogP) is 5.30. The van der Waals surface area contributed by atoms with Gasteiger partial charge in [-0.1, -0.05) is 29.0 Å². The van der Waals surface area contributed by atoms with Crippen LogP contribution in [0, 0.1) is 18.6 Å². The van der Waals surface area contributed by atoms with Crippen LogP contribution in [0.4, 0.5) is 13.9 Å². The Balaban J connectivity index is 1.53. The maximum atomic E-state index is 14.2. The molecule has 4 rings (SSSR count). The minimum atomic E-state index is -0.725. The number of thioether (sulfide) groups is 1. The fourth-order valence-corrected chi connectivity index (χ4v) is 4.90. The molecule has 0 spiro atoms. The van der Waals surface area contributed by atoms with E-state index in [-0.39, 0.29) is 17.2 Å². The van der Waals surface area contributed by atoms with Gasteiger partial charge in [0.15, 0.2) is 10.9 Å². The topological polar surface area (TPSA) is 51.0 Å². The average Bonchev–Trinajstić information content (AvgIpc) is 3.40. The van der Waals surface area contributed by atoms with Gasteiger partial charge in [-0.25, -0.2) is 18.7 Å². The summed E-state index contributed by atoms with van der Waals surface area (Å²) < 4.78 is 30.1. The highest BCUT2D eigenvalue weighted by Gasteiger charge is 2.21. The zero-order valence-electron chi connectivity index (χ0n) is 16.8. The molecule has 5 nitrogen and oxygen atoms in total. The third-order valence-corrected chi connectivity index (χ3v) is 6.70. The second-order valence-corrected chi connectivity index (χ2v) is 9.09. The summed E-state index contributed by atoms with van der Waals surface area (Å²) in [5, 5.41) is 0.375. The molecule has 2 aromatic carbocycles. The van der Waals surface area contributed by atoms with E-state index in [9.17, 15) is 13.6 Å². The van der Waals surface area contributed by atoms with Crippen LogP contribution in [0.5, 0.6) is 0 Å². The van der Waals surface area contributed by atoms with Crippen LogP contribution < -0.4 is 4.90 Å². The minimum absolute atomic E-state index is 0.0833. The van der Waals surface area contributed by atoms with Crippen LogP contribution >= 0.6 is 23.1 Å². The number of hydrogen-bond donors (Lipinski definition) is 0. The molecule has 0 unspecified atom stereocenters. The summed E-state index contributed by atoms with van der Waals surface area (Å²) in [5.74, 6) is -1.29. The summed E-state index contributed by atoms with van der Waals surface area (Å²) in [6, 6.07) is 10.0. The number of thiazole rings is 1. The lowest BCUT2D eigenvalue weighted by atomic mass is 10.2. The number of imidazole rings is 1. The van der Waals surface area contributed by atoms with Gasteiger partial charge in [-0.15, -0.1) is 11.8 Å². The van der Waals surface area contributed by atoms with E-state index in [0.717, 1.165) is 27.9 Å². The highest BCUT2D eigenvalue weighted by Crippen LogP contribution is 2.32. The predicted molar refractivity (Wildman–Crippen MR) is 121 cm³/mol. The van der Waals surface area contributed by atoms with Crippen molar-refractivity contribution in [2.75, 3.05) is 17.2 Å². The maximum absolute atomic E-state index is 14.2. The van der Waals surface area contributed by atoms with Gasteiger partial charge in [0.2, 0.25) is 5.91 Å². The van der Waals surface area contributed by atoms with Gasteiger partial charge in [-0.2, -0.15) is 0 Å². The van der Waals surface area contributed by atoms with Crippen molar-refractivity contribution in [3.63, 3.8) is 0 Å². The Morgan fingerprint density at radius 3 is 2.77 bits per heavy atom. The van der Waals surface area contributed by atoms with Gasteiger partial charge in [-0.05, 0) is 31.5 Å². The highest BCUT2D eigenvalue weighted by atomic mass is 32.2. The molecule has 31 heavy (non-hydrogen) atoms. The molecule has 160 valence electrons. The van der Waals surface area contributed by atoms with Crippen molar-refractivity contribution >= 4 is 44.4 Å². The fourth-order valence-electron chi connectivity index (χ4n) is 3.08. The maximum Gasteiger partial charge on any atom is 0.239 e. The lowest BCUT2D eigenvalue weighted by molar-refractivity contribution is -0.116. The number of nitrogens with zero attached hydrogens (tertiary/aromatic N) is 4. The summed E-state index contributed by atoms with van der Waals surface area (Å²) in [6.45, 7) is 3.11. The molecule has 0 saturated heterocycles. The van der Waals surface area contributed by atoms with Crippen LogP contribution in [0.25, 0.3) is 10.2 Å². The monoisotopic (exact) mass is 458 g/mol. The Morgan fingerprint density at radius 2 is 2.03 bits per heavy atom. The lowest BCUT2D eigenvalue weighted by Crippen LogP contribution is -2.33. The van der Waals surface area contributed by atoms with Crippen LogP contribution in [-0.4, -0.2) is 32.7 Å². The van der Waals surface area contributed by atoms with E-state index in [2.05, 4.69) is 9.97 Å². The molecule has 1 amide bonds. The number of fused-ring (bicyclic) bond motifs is 1. The molecule has 0 saturated carbocycles. The Morgan fingerprint density at radius 1 is 1.23 bits per heavy atom. The van der Waals surface area contributed by atoms with E-state index in [1.807, 2.05) is 42.0 Å². The number of hydrogen-bond acceptors (Lipinski definition) is 5. The SMILES string of the molecule is Cc1ccc(SCC(=O)N(CCCn2ccnc2)c2nc3c(F)cc(F)cc3s2)cc1. The number of carbonyl (C=O) groups is 1. The van der Waals surface area contributed by atoms with Crippen molar-refractivity contribution in [1.82, 2.24) is 14.5 Å². The van der Waals surface area contributed by atoms with Crippen molar-refractivity contribution in [2.24, 2.45) is 0 Å². The van der Waals surface area contributed by atoms with E-state index < -0.39 is 11.6 Å². The molecule has 0 aliphatic carbocycles. The Hall–Kier alpha value is -2.78. The molecular formula is C22H20F2N4OS2. The molecular weight excluding hydrogens is 438 g/mol. The summed E-state index contributed by atoms with van der Waals surface area (Å²) in [5.41, 5.74) is 1.24. The standard InChI is InChI=1S/C22H20F2N4OS2/c1-15-3-5-17(6-4-15)30-13-20(29)28(9-2-8-27-10-7-25-14-27)22-26-21-18(24)11-16(23)12-19(21)31-22/h3-7,10-12,14H,2,8-9,13H2,1H3. The number of amides is 1. The van der Waals surface area contributed by atoms with Gasteiger partial charge in [0.1, 0.15) is 11.3 Å². The van der Waals surface area contributed by atoms with Crippen LogP contribution in [0.2, 0.25) is 0 Å². The lowest BCUT2D eigenvalue weighted by Gasteiger charge is -2.20. The first-order valence-corrected chi connectivity index (χ1v) is 11.5. The van der Waals surface area contributed by atoms with Gasteiger partial charge in [0.05, 0.1) is 16.8 Å². The molecule has 0 atom stereocenters. The third-order valence-electron chi connectivity index (χ3n) is 4.67. The number of aryl methyl sites for hydroxylation is 2. The highest BCUT2D eigenvalue weighted by molar-refractivity contribution is 8.00. The zero-order valence-corrected chi connectivity index (χ0v) is 18.4. The van der Waals surface area contributed by atoms with E-state index in [0.29, 0.717) is 29.3 Å². The number of benzene rings is 2. The largest absolute Gasteiger partial charge is 0.337 e. The number of carbonyl (C=O) groups excluding carboxylic acids is 1. The number of aromatic nitrogens is 3. The normalized spacial score (nSPS) is 11.2. The molecule has 2 heterocycles. The van der Waals surface area contributed by atoms with Crippen molar-refractivity contribution in [2.45, 2.75) is 24.8 Å². The molecule has 2 aromatic heterocycles. The zero-order chi connectivity index (χ0) is 21.8. The quantitative estimate of drug-likeness (QED) is 0.337.